The molecule has 0 aromatic rings. The molecule has 1 saturated heterocycles. The molecule has 1 aliphatic heterocycles. The van der Waals surface area contributed by atoms with Crippen molar-refractivity contribution in [2.75, 3.05) is 26.2 Å². The molecule has 3 amide bonds. The predicted octanol–water partition coefficient (Wildman–Crippen LogP) is -0.967. The van der Waals surface area contributed by atoms with Gasteiger partial charge in [-0.3, -0.25) is 14.6 Å². The number of nitrogens with two attached hydrogens (primary N) is 2. The van der Waals surface area contributed by atoms with Gasteiger partial charge in [-0.15, -0.1) is 0 Å². The van der Waals surface area contributed by atoms with Crippen LogP contribution in [0.2, 0.25) is 0 Å². The third-order valence-electron chi connectivity index (χ3n) is 4.15. The van der Waals surface area contributed by atoms with Crippen LogP contribution in [0.1, 0.15) is 46.5 Å². The number of piperidine rings is 1. The zero-order chi connectivity index (χ0) is 22.0. The number of hydrogen-bond acceptors (Lipinski definition) is 6. The molecular formula is C18H34N6O5. The highest BCUT2D eigenvalue weighted by Crippen LogP contribution is 2.13. The van der Waals surface area contributed by atoms with Gasteiger partial charge in [-0.05, 0) is 46.5 Å². The smallest absolute Gasteiger partial charge is 0.408 e. The molecule has 1 aliphatic rings. The first-order valence-corrected chi connectivity index (χ1v) is 9.75. The Morgan fingerprint density at radius 1 is 1.38 bits per heavy atom. The van der Waals surface area contributed by atoms with E-state index in [4.69, 9.17) is 16.2 Å². The van der Waals surface area contributed by atoms with E-state index in [0.717, 1.165) is 0 Å². The maximum absolute atomic E-state index is 12.6. The van der Waals surface area contributed by atoms with E-state index in [1.807, 2.05) is 0 Å². The highest BCUT2D eigenvalue weighted by Gasteiger charge is 2.32. The number of carbonyl (C=O) groups is 3. The van der Waals surface area contributed by atoms with Crippen molar-refractivity contribution < 1.29 is 24.2 Å². The fourth-order valence-corrected chi connectivity index (χ4v) is 2.88. The lowest BCUT2D eigenvalue weighted by molar-refractivity contribution is -0.140. The molecule has 0 aliphatic carbocycles. The van der Waals surface area contributed by atoms with Crippen LogP contribution in [0.15, 0.2) is 4.99 Å². The standard InChI is InChI=1S/C18H34N6O5/c1-18(2,3)29-17(28)23-13-7-5-9-24(15(13)27)10-14(26)22-12(11-25)6-4-8-21-16(19)20/h12-13,25H,4-11H2,1-3H3,(H,22,26)(H,23,28)(H4,19,20,21)/t12-,13-/m0/s1. The van der Waals surface area contributed by atoms with Crippen LogP contribution in [0.25, 0.3) is 0 Å². The van der Waals surface area contributed by atoms with E-state index < -0.39 is 23.8 Å². The first-order valence-electron chi connectivity index (χ1n) is 9.75. The van der Waals surface area contributed by atoms with E-state index in [1.54, 1.807) is 20.8 Å². The van der Waals surface area contributed by atoms with Gasteiger partial charge in [0, 0.05) is 13.1 Å². The normalized spacial score (nSPS) is 18.0. The van der Waals surface area contributed by atoms with E-state index in [2.05, 4.69) is 15.6 Å². The molecule has 1 heterocycles. The number of aliphatic hydroxyl groups is 1. The summed E-state index contributed by atoms with van der Waals surface area (Å²) >= 11 is 0. The molecule has 1 rings (SSSR count). The number of aliphatic hydroxyl groups excluding tert-OH is 1. The molecule has 0 aromatic heterocycles. The molecule has 11 nitrogen and oxygen atoms in total. The summed E-state index contributed by atoms with van der Waals surface area (Å²) in [5.74, 6) is -0.713. The average Bonchev–Trinajstić information content (AvgIpc) is 2.59. The van der Waals surface area contributed by atoms with Crippen molar-refractivity contribution in [2.24, 2.45) is 16.5 Å². The molecule has 11 heteroatoms. The molecule has 2 atom stereocenters. The van der Waals surface area contributed by atoms with Crippen molar-refractivity contribution in [3.8, 4) is 0 Å². The van der Waals surface area contributed by atoms with Crippen molar-refractivity contribution in [3.63, 3.8) is 0 Å². The summed E-state index contributed by atoms with van der Waals surface area (Å²) in [5, 5.41) is 14.7. The van der Waals surface area contributed by atoms with Gasteiger partial charge in [-0.1, -0.05) is 0 Å². The summed E-state index contributed by atoms with van der Waals surface area (Å²) < 4.78 is 5.18. The maximum Gasteiger partial charge on any atom is 0.408 e. The largest absolute Gasteiger partial charge is 0.444 e. The van der Waals surface area contributed by atoms with Gasteiger partial charge >= 0.3 is 6.09 Å². The highest BCUT2D eigenvalue weighted by molar-refractivity contribution is 5.90. The maximum atomic E-state index is 12.6. The number of rotatable bonds is 9. The quantitative estimate of drug-likeness (QED) is 0.183. The van der Waals surface area contributed by atoms with Crippen LogP contribution < -0.4 is 22.1 Å². The number of nitrogens with one attached hydrogen (secondary N) is 2. The highest BCUT2D eigenvalue weighted by atomic mass is 16.6. The Morgan fingerprint density at radius 2 is 2.07 bits per heavy atom. The van der Waals surface area contributed by atoms with Crippen LogP contribution in [-0.2, 0) is 14.3 Å². The Morgan fingerprint density at radius 3 is 2.66 bits per heavy atom. The van der Waals surface area contributed by atoms with Gasteiger partial charge in [-0.2, -0.15) is 0 Å². The van der Waals surface area contributed by atoms with Gasteiger partial charge in [0.1, 0.15) is 11.6 Å². The number of ether oxygens (including phenoxy) is 1. The van der Waals surface area contributed by atoms with E-state index in [9.17, 15) is 19.5 Å². The summed E-state index contributed by atoms with van der Waals surface area (Å²) in [7, 11) is 0. The van der Waals surface area contributed by atoms with Gasteiger partial charge in [0.25, 0.3) is 0 Å². The van der Waals surface area contributed by atoms with Crippen LogP contribution in [0.4, 0.5) is 4.79 Å². The first-order chi connectivity index (χ1) is 13.5. The van der Waals surface area contributed by atoms with Crippen LogP contribution in [0, 0.1) is 0 Å². The van der Waals surface area contributed by atoms with E-state index in [0.29, 0.717) is 38.8 Å². The Hall–Kier alpha value is -2.56. The van der Waals surface area contributed by atoms with Crippen molar-refractivity contribution in [3.05, 3.63) is 0 Å². The van der Waals surface area contributed by atoms with Gasteiger partial charge in [0.05, 0.1) is 19.2 Å². The van der Waals surface area contributed by atoms with Crippen LogP contribution in [0.5, 0.6) is 0 Å². The van der Waals surface area contributed by atoms with Gasteiger partial charge in [-0.25, -0.2) is 4.79 Å². The number of likely N-dealkylation sites (tertiary alicyclic amines) is 1. The lowest BCUT2D eigenvalue weighted by atomic mass is 10.0. The molecule has 0 bridgehead atoms. The average molecular weight is 415 g/mol. The number of guanidine groups is 1. The van der Waals surface area contributed by atoms with Crippen molar-refractivity contribution >= 4 is 23.9 Å². The summed E-state index contributed by atoms with van der Waals surface area (Å²) in [6.07, 6.45) is 1.56. The fraction of sp³-hybridized carbons (Fsp3) is 0.778. The minimum absolute atomic E-state index is 0.00672. The van der Waals surface area contributed by atoms with Crippen LogP contribution in [0.3, 0.4) is 0 Å². The number of amides is 3. The Bertz CT molecular complexity index is 600. The lowest BCUT2D eigenvalue weighted by Crippen LogP contribution is -2.55. The van der Waals surface area contributed by atoms with E-state index >= 15 is 0 Å². The van der Waals surface area contributed by atoms with E-state index in [-0.39, 0.29) is 30.9 Å². The number of nitrogens with zero attached hydrogens (tertiary/aromatic N) is 2. The molecule has 29 heavy (non-hydrogen) atoms. The monoisotopic (exact) mass is 414 g/mol. The second-order valence-electron chi connectivity index (χ2n) is 8.00. The third kappa shape index (κ3) is 9.97. The van der Waals surface area contributed by atoms with Crippen molar-refractivity contribution in [1.82, 2.24) is 15.5 Å². The second kappa shape index (κ2) is 11.4. The molecule has 0 radical (unpaired) electrons. The van der Waals surface area contributed by atoms with E-state index in [1.165, 1.54) is 4.90 Å². The summed E-state index contributed by atoms with van der Waals surface area (Å²) in [4.78, 5) is 42.0. The first kappa shape index (κ1) is 24.5. The third-order valence-corrected chi connectivity index (χ3v) is 4.15. The fourth-order valence-electron chi connectivity index (χ4n) is 2.88. The van der Waals surface area contributed by atoms with Gasteiger partial charge in [0.2, 0.25) is 11.8 Å². The van der Waals surface area contributed by atoms with Gasteiger partial charge in [0.15, 0.2) is 5.96 Å². The molecule has 166 valence electrons. The zero-order valence-electron chi connectivity index (χ0n) is 17.4. The Kier molecular flexibility index (Phi) is 9.66. The molecule has 0 unspecified atom stereocenters. The summed E-state index contributed by atoms with van der Waals surface area (Å²) in [5.41, 5.74) is 9.83. The molecule has 7 N–H and O–H groups in total. The molecule has 0 aromatic carbocycles. The lowest BCUT2D eigenvalue weighted by Gasteiger charge is -2.33. The second-order valence-corrected chi connectivity index (χ2v) is 8.00. The number of hydrogen-bond donors (Lipinski definition) is 5. The number of aliphatic imine (C=N–C) groups is 1. The van der Waals surface area contributed by atoms with Gasteiger partial charge < -0.3 is 36.8 Å². The molecule has 1 fully saturated rings. The molecular weight excluding hydrogens is 380 g/mol. The summed E-state index contributed by atoms with van der Waals surface area (Å²) in [6, 6.07) is -1.17. The number of alkyl carbamates (subject to hydrolysis) is 1. The SMILES string of the molecule is CC(C)(C)OC(=O)N[C@H]1CCCN(CC(=O)N[C@H](CO)CCCN=C(N)N)C1=O. The minimum atomic E-state index is -0.723. The Labute approximate surface area is 171 Å². The predicted molar refractivity (Wildman–Crippen MR) is 108 cm³/mol. The van der Waals surface area contributed by atoms with Crippen LogP contribution in [-0.4, -0.2) is 77.8 Å². The molecule has 0 spiro atoms. The topological polar surface area (TPSA) is 172 Å². The molecule has 0 saturated carbocycles. The van der Waals surface area contributed by atoms with Crippen molar-refractivity contribution in [2.45, 2.75) is 64.1 Å². The summed E-state index contributed by atoms with van der Waals surface area (Å²) in [6.45, 7) is 5.66. The Balaban J connectivity index is 2.50. The zero-order valence-corrected chi connectivity index (χ0v) is 17.4. The number of carbonyl (C=O) groups excluding carboxylic acids is 3. The van der Waals surface area contributed by atoms with Crippen LogP contribution >= 0.6 is 0 Å². The van der Waals surface area contributed by atoms with Crippen molar-refractivity contribution in [1.29, 1.82) is 0 Å². The minimum Gasteiger partial charge on any atom is -0.444 e.